The van der Waals surface area contributed by atoms with Crippen LogP contribution in [-0.2, 0) is 11.3 Å². The minimum Gasteiger partial charge on any atom is -0.530 e. The monoisotopic (exact) mass is 600 g/mol. The van der Waals surface area contributed by atoms with Gasteiger partial charge in [-0.25, -0.2) is 0 Å². The molecule has 1 heterocycles. The number of hydrogen-bond acceptors (Lipinski definition) is 8. The maximum Gasteiger partial charge on any atom is 0.161 e. The van der Waals surface area contributed by atoms with Gasteiger partial charge < -0.3 is 43.2 Å². The van der Waals surface area contributed by atoms with Gasteiger partial charge in [0.25, 0.3) is 0 Å². The Morgan fingerprint density at radius 3 is 2.20 bits per heavy atom. The first-order valence-electron chi connectivity index (χ1n) is 14.7. The summed E-state index contributed by atoms with van der Waals surface area (Å²) >= 11 is 0. The van der Waals surface area contributed by atoms with E-state index in [2.05, 4.69) is 0 Å². The number of carbonyl (C=O) groups is 1. The van der Waals surface area contributed by atoms with Gasteiger partial charge in [0, 0.05) is 41.8 Å². The van der Waals surface area contributed by atoms with E-state index in [9.17, 15) is 9.90 Å². The van der Waals surface area contributed by atoms with Gasteiger partial charge in [-0.05, 0) is 42.3 Å². The van der Waals surface area contributed by atoms with Crippen molar-refractivity contribution in [2.75, 3.05) is 47.6 Å². The molecule has 0 radical (unpaired) electrons. The van der Waals surface area contributed by atoms with Crippen LogP contribution < -0.4 is 28.8 Å². The third-order valence-corrected chi connectivity index (χ3v) is 7.92. The number of amides is 1. The normalized spacial score (nSPS) is 16.4. The second-order valence-electron chi connectivity index (χ2n) is 10.5. The topological polar surface area (TPSA) is 98.8 Å². The van der Waals surface area contributed by atoms with Gasteiger partial charge in [-0.2, -0.15) is 0 Å². The van der Waals surface area contributed by atoms with Crippen LogP contribution in [-0.4, -0.2) is 64.7 Å². The van der Waals surface area contributed by atoms with Gasteiger partial charge >= 0.3 is 0 Å². The third kappa shape index (κ3) is 7.11. The number of para-hydroxylation sites is 2. The van der Waals surface area contributed by atoms with Crippen LogP contribution in [0.15, 0.2) is 78.9 Å². The van der Waals surface area contributed by atoms with Gasteiger partial charge in [-0.3, -0.25) is 0 Å². The lowest BCUT2D eigenvalue weighted by Gasteiger charge is -2.40. The molecule has 1 aliphatic rings. The van der Waals surface area contributed by atoms with Crippen molar-refractivity contribution >= 4 is 16.9 Å². The Kier molecular flexibility index (Phi) is 10.3. The smallest absolute Gasteiger partial charge is 0.161 e. The SMILES string of the molecule is COc1ccccc1OCCCOc1ccc(C2CCN(C(=O)[O-])CC2OCc2cc(OC)c3ccccc3c2OC)cc1. The van der Waals surface area contributed by atoms with Crippen LogP contribution in [0.1, 0.15) is 29.9 Å². The van der Waals surface area contributed by atoms with Crippen LogP contribution in [0.25, 0.3) is 10.8 Å². The molecule has 1 saturated heterocycles. The molecular weight excluding hydrogens is 562 g/mol. The fraction of sp³-hybridized carbons (Fsp3) is 0.343. The number of nitrogens with zero attached hydrogens (tertiary/aromatic N) is 1. The van der Waals surface area contributed by atoms with Crippen LogP contribution >= 0.6 is 0 Å². The van der Waals surface area contributed by atoms with Crippen LogP contribution in [0.5, 0.6) is 28.7 Å². The van der Waals surface area contributed by atoms with Gasteiger partial charge in [0.05, 0.1) is 47.3 Å². The molecule has 4 aromatic carbocycles. The summed E-state index contributed by atoms with van der Waals surface area (Å²) in [5.41, 5.74) is 1.88. The summed E-state index contributed by atoms with van der Waals surface area (Å²) in [5.74, 6) is 3.58. The van der Waals surface area contributed by atoms with Gasteiger partial charge in [0.2, 0.25) is 0 Å². The maximum absolute atomic E-state index is 11.7. The molecule has 5 rings (SSSR count). The Morgan fingerprint density at radius 2 is 1.50 bits per heavy atom. The second-order valence-corrected chi connectivity index (χ2v) is 10.5. The van der Waals surface area contributed by atoms with E-state index < -0.39 is 6.09 Å². The summed E-state index contributed by atoms with van der Waals surface area (Å²) in [5, 5.41) is 13.6. The van der Waals surface area contributed by atoms with Gasteiger partial charge in [-0.15, -0.1) is 0 Å². The highest BCUT2D eigenvalue weighted by Crippen LogP contribution is 2.38. The molecule has 0 aliphatic carbocycles. The van der Waals surface area contributed by atoms with Crippen LogP contribution in [0, 0.1) is 0 Å². The molecule has 1 amide bonds. The van der Waals surface area contributed by atoms with Crippen molar-refractivity contribution in [3.8, 4) is 28.7 Å². The molecule has 9 heteroatoms. The molecule has 9 nitrogen and oxygen atoms in total. The lowest BCUT2D eigenvalue weighted by molar-refractivity contribution is -0.268. The number of carbonyl (C=O) groups excluding carboxylic acids is 1. The molecule has 0 spiro atoms. The van der Waals surface area contributed by atoms with Crippen molar-refractivity contribution in [3.05, 3.63) is 90.0 Å². The summed E-state index contributed by atoms with van der Waals surface area (Å²) < 4.78 is 35.0. The lowest BCUT2D eigenvalue weighted by Crippen LogP contribution is -2.51. The molecule has 2 atom stereocenters. The molecule has 0 bridgehead atoms. The summed E-state index contributed by atoms with van der Waals surface area (Å²) in [4.78, 5) is 13.1. The van der Waals surface area contributed by atoms with E-state index in [4.69, 9.17) is 28.4 Å². The molecule has 1 fully saturated rings. The van der Waals surface area contributed by atoms with Crippen molar-refractivity contribution in [2.45, 2.75) is 31.5 Å². The summed E-state index contributed by atoms with van der Waals surface area (Å²) in [7, 11) is 4.89. The fourth-order valence-corrected chi connectivity index (χ4v) is 5.70. The zero-order valence-corrected chi connectivity index (χ0v) is 25.3. The Labute approximate surface area is 257 Å². The molecule has 1 aliphatic heterocycles. The molecule has 2 unspecified atom stereocenters. The van der Waals surface area contributed by atoms with Crippen LogP contribution in [0.4, 0.5) is 4.79 Å². The fourth-order valence-electron chi connectivity index (χ4n) is 5.70. The average molecular weight is 601 g/mol. The maximum atomic E-state index is 11.7. The van der Waals surface area contributed by atoms with Gasteiger partial charge in [0.15, 0.2) is 11.5 Å². The zero-order chi connectivity index (χ0) is 30.9. The van der Waals surface area contributed by atoms with Crippen LogP contribution in [0.3, 0.4) is 0 Å². The third-order valence-electron chi connectivity index (χ3n) is 7.92. The predicted octanol–water partition coefficient (Wildman–Crippen LogP) is 5.43. The first kappa shape index (κ1) is 30.8. The molecular formula is C35H38NO8-. The quantitative estimate of drug-likeness (QED) is 0.187. The Hall–Kier alpha value is -4.63. The molecule has 0 N–H and O–H groups in total. The van der Waals surface area contributed by atoms with Crippen LogP contribution in [0.2, 0.25) is 0 Å². The largest absolute Gasteiger partial charge is 0.530 e. The summed E-state index contributed by atoms with van der Waals surface area (Å²) in [6, 6.07) is 25.3. The highest BCUT2D eigenvalue weighted by atomic mass is 16.5. The van der Waals surface area contributed by atoms with E-state index in [0.717, 1.165) is 33.4 Å². The second kappa shape index (κ2) is 14.7. The molecule has 232 valence electrons. The number of piperidine rings is 1. The minimum atomic E-state index is -1.19. The van der Waals surface area contributed by atoms with Crippen molar-refractivity contribution < 1.29 is 38.3 Å². The summed E-state index contributed by atoms with van der Waals surface area (Å²) in [6.45, 7) is 1.82. The van der Waals surface area contributed by atoms with Crippen molar-refractivity contribution in [1.29, 1.82) is 0 Å². The van der Waals surface area contributed by atoms with E-state index in [-0.39, 0.29) is 25.2 Å². The number of rotatable bonds is 13. The number of methoxy groups -OCH3 is 3. The van der Waals surface area contributed by atoms with E-state index >= 15 is 0 Å². The number of carboxylic acid groups (broad SMARTS) is 1. The standard InChI is InChI=1S/C35H39NO8/c1-39-30-11-6-7-12-31(30)43-20-8-19-42-26-15-13-24(14-16-26)27-17-18-36(35(37)38)22-33(27)44-23-25-21-32(40-2)28-9-4-5-10-29(28)34(25)41-3/h4-7,9-16,21,27,33H,8,17-20,22-23H2,1-3H3,(H,37,38)/p-1. The minimum absolute atomic E-state index is 0.0118. The van der Waals surface area contributed by atoms with E-state index in [1.54, 1.807) is 21.3 Å². The molecule has 44 heavy (non-hydrogen) atoms. The Balaban J connectivity index is 1.23. The first-order valence-corrected chi connectivity index (χ1v) is 14.7. The number of hydrogen-bond donors (Lipinski definition) is 0. The Morgan fingerprint density at radius 1 is 0.818 bits per heavy atom. The van der Waals surface area contributed by atoms with Gasteiger partial charge in [0.1, 0.15) is 23.3 Å². The highest BCUT2D eigenvalue weighted by molar-refractivity contribution is 5.94. The Bertz CT molecular complexity index is 1540. The average Bonchev–Trinajstić information content (AvgIpc) is 3.07. The summed E-state index contributed by atoms with van der Waals surface area (Å²) in [6.07, 6.45) is -0.263. The zero-order valence-electron chi connectivity index (χ0n) is 25.3. The number of likely N-dealkylation sites (tertiary alicyclic amines) is 1. The van der Waals surface area contributed by atoms with E-state index in [0.29, 0.717) is 49.8 Å². The molecule has 0 saturated carbocycles. The predicted molar refractivity (Wildman–Crippen MR) is 165 cm³/mol. The van der Waals surface area contributed by atoms with Crippen molar-refractivity contribution in [2.24, 2.45) is 0 Å². The lowest BCUT2D eigenvalue weighted by atomic mass is 9.87. The van der Waals surface area contributed by atoms with Crippen molar-refractivity contribution in [3.63, 3.8) is 0 Å². The van der Waals surface area contributed by atoms with E-state index in [1.807, 2.05) is 78.9 Å². The molecule has 0 aromatic heterocycles. The highest BCUT2D eigenvalue weighted by Gasteiger charge is 2.32. The van der Waals surface area contributed by atoms with Gasteiger partial charge in [-0.1, -0.05) is 48.5 Å². The number of ether oxygens (including phenoxy) is 6. The number of fused-ring (bicyclic) bond motifs is 1. The van der Waals surface area contributed by atoms with E-state index in [1.165, 1.54) is 4.90 Å². The first-order chi connectivity index (χ1) is 21.5. The van der Waals surface area contributed by atoms with Crippen molar-refractivity contribution in [1.82, 2.24) is 4.90 Å². The number of benzene rings is 4. The molecule has 4 aromatic rings.